The fourth-order valence-corrected chi connectivity index (χ4v) is 4.81. The van der Waals surface area contributed by atoms with Crippen LogP contribution in [0.1, 0.15) is 36.5 Å². The van der Waals surface area contributed by atoms with Gasteiger partial charge in [0.05, 0.1) is 16.0 Å². The van der Waals surface area contributed by atoms with E-state index in [9.17, 15) is 0 Å². The molecule has 0 saturated heterocycles. The Hall–Kier alpha value is -1.40. The van der Waals surface area contributed by atoms with Crippen molar-refractivity contribution < 1.29 is 0 Å². The van der Waals surface area contributed by atoms with Gasteiger partial charge in [-0.05, 0) is 18.1 Å². The highest BCUT2D eigenvalue weighted by Crippen LogP contribution is 2.29. The number of hydrogen-bond acceptors (Lipinski definition) is 5. The van der Waals surface area contributed by atoms with Crippen LogP contribution in [-0.4, -0.2) is 20.2 Å². The Bertz CT molecular complexity index is 725. The maximum absolute atomic E-state index is 4.65. The number of nitrogens with zero attached hydrogens (tertiary/aromatic N) is 3. The van der Waals surface area contributed by atoms with E-state index in [0.29, 0.717) is 0 Å². The number of H-pyrrole nitrogens is 1. The summed E-state index contributed by atoms with van der Waals surface area (Å²) in [6.45, 7) is 0. The highest BCUT2D eigenvalue weighted by atomic mass is 32.2. The molecule has 1 fully saturated rings. The predicted molar refractivity (Wildman–Crippen MR) is 91.2 cm³/mol. The molecule has 0 radical (unpaired) electrons. The summed E-state index contributed by atoms with van der Waals surface area (Å²) in [5.41, 5.74) is 1.08. The molecule has 1 N–H and O–H groups in total. The number of aromatic amines is 1. The number of nitrogens with one attached hydrogen (secondary N) is 1. The van der Waals surface area contributed by atoms with Crippen molar-refractivity contribution in [3.8, 4) is 0 Å². The van der Waals surface area contributed by atoms with E-state index in [1.165, 1.54) is 30.4 Å². The van der Waals surface area contributed by atoms with Gasteiger partial charge in [-0.2, -0.15) is 0 Å². The zero-order valence-electron chi connectivity index (χ0n) is 12.3. The van der Waals surface area contributed by atoms with Crippen LogP contribution >= 0.6 is 23.1 Å². The number of benzene rings is 1. The molecular weight excluding hydrogens is 312 g/mol. The number of fused-ring (bicyclic) bond motifs is 1. The molecule has 0 amide bonds. The summed E-state index contributed by atoms with van der Waals surface area (Å²) in [7, 11) is 0. The van der Waals surface area contributed by atoms with Crippen LogP contribution in [0.2, 0.25) is 0 Å². The van der Waals surface area contributed by atoms with Crippen molar-refractivity contribution in [3.63, 3.8) is 0 Å². The first-order chi connectivity index (χ1) is 10.9. The molecule has 0 unspecified atom stereocenters. The van der Waals surface area contributed by atoms with E-state index in [4.69, 9.17) is 0 Å². The Morgan fingerprint density at radius 1 is 1.18 bits per heavy atom. The van der Waals surface area contributed by atoms with Crippen molar-refractivity contribution in [1.82, 2.24) is 20.2 Å². The van der Waals surface area contributed by atoms with Gasteiger partial charge in [0.1, 0.15) is 10.8 Å². The number of thiazole rings is 1. The van der Waals surface area contributed by atoms with Gasteiger partial charge in [-0.25, -0.2) is 9.97 Å². The molecular formula is C16H18N4S2. The smallest absolute Gasteiger partial charge is 0.208 e. The molecule has 1 aliphatic rings. The number of rotatable bonds is 5. The molecule has 4 nitrogen and oxygen atoms in total. The van der Waals surface area contributed by atoms with Crippen molar-refractivity contribution in [2.45, 2.75) is 43.0 Å². The minimum Gasteiger partial charge on any atom is -0.262 e. The SMILES string of the molecule is c1ccc2sc(CSc3n[nH]c(CC4CCCC4)n3)nc2c1. The molecule has 2 aromatic heterocycles. The van der Waals surface area contributed by atoms with Crippen LogP contribution in [0.25, 0.3) is 10.2 Å². The van der Waals surface area contributed by atoms with Gasteiger partial charge in [0, 0.05) is 6.42 Å². The van der Waals surface area contributed by atoms with Gasteiger partial charge in [-0.3, -0.25) is 5.10 Å². The number of thioether (sulfide) groups is 1. The molecule has 0 atom stereocenters. The normalized spacial score (nSPS) is 15.8. The first-order valence-corrected chi connectivity index (χ1v) is 9.55. The Balaban J connectivity index is 1.37. The van der Waals surface area contributed by atoms with Crippen LogP contribution in [-0.2, 0) is 12.2 Å². The van der Waals surface area contributed by atoms with E-state index < -0.39 is 0 Å². The second-order valence-corrected chi connectivity index (χ2v) is 7.84. The van der Waals surface area contributed by atoms with Crippen LogP contribution in [0, 0.1) is 5.92 Å². The third-order valence-corrected chi connectivity index (χ3v) is 6.21. The highest BCUT2D eigenvalue weighted by molar-refractivity contribution is 7.98. The third-order valence-electron chi connectivity index (χ3n) is 4.13. The van der Waals surface area contributed by atoms with Crippen molar-refractivity contribution in [3.05, 3.63) is 35.1 Å². The number of para-hydroxylation sites is 1. The molecule has 6 heteroatoms. The molecule has 3 aromatic rings. The quantitative estimate of drug-likeness (QED) is 0.703. The minimum atomic E-state index is 0.801. The van der Waals surface area contributed by atoms with E-state index in [1.54, 1.807) is 23.1 Å². The summed E-state index contributed by atoms with van der Waals surface area (Å²) in [5, 5.41) is 9.40. The van der Waals surface area contributed by atoms with E-state index in [1.807, 2.05) is 6.07 Å². The highest BCUT2D eigenvalue weighted by Gasteiger charge is 2.17. The van der Waals surface area contributed by atoms with E-state index in [-0.39, 0.29) is 0 Å². The van der Waals surface area contributed by atoms with Gasteiger partial charge in [0.15, 0.2) is 0 Å². The lowest BCUT2D eigenvalue weighted by Crippen LogP contribution is -2.00. The van der Waals surface area contributed by atoms with Crippen LogP contribution in [0.3, 0.4) is 0 Å². The zero-order chi connectivity index (χ0) is 14.8. The molecule has 1 aliphatic carbocycles. The lowest BCUT2D eigenvalue weighted by molar-refractivity contribution is 0.531. The van der Waals surface area contributed by atoms with Crippen molar-refractivity contribution >= 4 is 33.3 Å². The molecule has 1 saturated carbocycles. The van der Waals surface area contributed by atoms with Crippen LogP contribution < -0.4 is 0 Å². The summed E-state index contributed by atoms with van der Waals surface area (Å²) in [6, 6.07) is 8.27. The average molecular weight is 330 g/mol. The summed E-state index contributed by atoms with van der Waals surface area (Å²) in [6.07, 6.45) is 6.48. The fourth-order valence-electron chi connectivity index (χ4n) is 3.03. The van der Waals surface area contributed by atoms with Gasteiger partial charge in [-0.15, -0.1) is 16.4 Å². The maximum Gasteiger partial charge on any atom is 0.208 e. The standard InChI is InChI=1S/C16H18N4S2/c1-2-6-11(5-1)9-14-18-16(20-19-14)21-10-15-17-12-7-3-4-8-13(12)22-15/h3-4,7-8,11H,1-2,5-6,9-10H2,(H,18,19,20). The average Bonchev–Trinajstić information content (AvgIpc) is 3.26. The second-order valence-electron chi connectivity index (χ2n) is 5.78. The molecule has 0 spiro atoms. The van der Waals surface area contributed by atoms with E-state index >= 15 is 0 Å². The van der Waals surface area contributed by atoms with Crippen LogP contribution in [0.15, 0.2) is 29.4 Å². The Morgan fingerprint density at radius 2 is 2.05 bits per heavy atom. The van der Waals surface area contributed by atoms with Gasteiger partial charge in [0.25, 0.3) is 0 Å². The van der Waals surface area contributed by atoms with Crippen molar-refractivity contribution in [2.24, 2.45) is 5.92 Å². The number of aromatic nitrogens is 4. The summed E-state index contributed by atoms with van der Waals surface area (Å²) in [5.74, 6) is 2.67. The van der Waals surface area contributed by atoms with Gasteiger partial charge >= 0.3 is 0 Å². The van der Waals surface area contributed by atoms with Crippen molar-refractivity contribution in [2.75, 3.05) is 0 Å². The first-order valence-electron chi connectivity index (χ1n) is 7.75. The van der Waals surface area contributed by atoms with Crippen LogP contribution in [0.4, 0.5) is 0 Å². The Kier molecular flexibility index (Phi) is 4.12. The summed E-state index contributed by atoms with van der Waals surface area (Å²) >= 11 is 3.41. The molecule has 0 bridgehead atoms. The topological polar surface area (TPSA) is 54.5 Å². The van der Waals surface area contributed by atoms with Crippen LogP contribution in [0.5, 0.6) is 0 Å². The van der Waals surface area contributed by atoms with Gasteiger partial charge < -0.3 is 0 Å². The first kappa shape index (κ1) is 14.2. The van der Waals surface area contributed by atoms with Gasteiger partial charge in [0.2, 0.25) is 5.16 Å². The zero-order valence-corrected chi connectivity index (χ0v) is 13.9. The third kappa shape index (κ3) is 3.17. The lowest BCUT2D eigenvalue weighted by atomic mass is 10.0. The predicted octanol–water partition coefficient (Wildman–Crippen LogP) is 4.44. The molecule has 0 aliphatic heterocycles. The minimum absolute atomic E-state index is 0.801. The molecule has 1 aromatic carbocycles. The molecule has 22 heavy (non-hydrogen) atoms. The molecule has 2 heterocycles. The molecule has 114 valence electrons. The lowest BCUT2D eigenvalue weighted by Gasteiger charge is -2.03. The molecule has 4 rings (SSSR count). The van der Waals surface area contributed by atoms with Crippen molar-refractivity contribution in [1.29, 1.82) is 0 Å². The van der Waals surface area contributed by atoms with Gasteiger partial charge in [-0.1, -0.05) is 49.6 Å². The van der Waals surface area contributed by atoms with E-state index in [0.717, 1.165) is 39.6 Å². The second kappa shape index (κ2) is 6.38. The summed E-state index contributed by atoms with van der Waals surface area (Å²) in [4.78, 5) is 9.27. The Morgan fingerprint density at radius 3 is 2.91 bits per heavy atom. The fraction of sp³-hybridized carbons (Fsp3) is 0.438. The monoisotopic (exact) mass is 330 g/mol. The Labute approximate surface area is 137 Å². The maximum atomic E-state index is 4.65. The van der Waals surface area contributed by atoms with E-state index in [2.05, 4.69) is 38.4 Å². The largest absolute Gasteiger partial charge is 0.262 e. The summed E-state index contributed by atoms with van der Waals surface area (Å²) < 4.78 is 1.25. The number of hydrogen-bond donors (Lipinski definition) is 1.